The van der Waals surface area contributed by atoms with E-state index in [9.17, 15) is 22.0 Å². The second kappa shape index (κ2) is 18.3. The molecule has 0 spiro atoms. The lowest BCUT2D eigenvalue weighted by Gasteiger charge is -2.08. The average Bonchev–Trinajstić information content (AvgIpc) is 2.79. The smallest absolute Gasteiger partial charge is 0.200 e. The molecule has 1 rings (SSSR count). The second-order valence-electron chi connectivity index (χ2n) is 8.95. The number of unbranched alkanes of at least 4 members (excludes halogenated alkanes) is 17. The van der Waals surface area contributed by atoms with Crippen LogP contribution in [0, 0.1) is 29.1 Å². The van der Waals surface area contributed by atoms with Crippen LogP contribution in [0.4, 0.5) is 22.0 Å². The third-order valence-corrected chi connectivity index (χ3v) is 6.18. The molecule has 6 heteroatoms. The minimum Gasteiger partial charge on any atom is -0.330 e. The van der Waals surface area contributed by atoms with Crippen LogP contribution in [0.25, 0.3) is 0 Å². The van der Waals surface area contributed by atoms with Gasteiger partial charge in [0, 0.05) is 5.56 Å². The fourth-order valence-electron chi connectivity index (χ4n) is 4.14. The molecule has 0 saturated heterocycles. The summed E-state index contributed by atoms with van der Waals surface area (Å²) in [6.45, 7) is 0.815. The fraction of sp³-hybridized carbons (Fsp3) is 0.769. The highest BCUT2D eigenvalue weighted by atomic mass is 19.2. The van der Waals surface area contributed by atoms with Gasteiger partial charge in [-0.2, -0.15) is 0 Å². The first-order chi connectivity index (χ1) is 15.5. The molecule has 1 aromatic carbocycles. The topological polar surface area (TPSA) is 26.0 Å². The molecular formula is C26H42F5N. The Hall–Kier alpha value is -1.17. The Kier molecular flexibility index (Phi) is 16.5. The minimum absolute atomic E-state index is 0.125. The number of rotatable bonds is 20. The van der Waals surface area contributed by atoms with Crippen LogP contribution < -0.4 is 5.73 Å². The summed E-state index contributed by atoms with van der Waals surface area (Å²) >= 11 is 0. The van der Waals surface area contributed by atoms with Crippen LogP contribution in [-0.2, 0) is 6.42 Å². The van der Waals surface area contributed by atoms with E-state index in [4.69, 9.17) is 5.73 Å². The van der Waals surface area contributed by atoms with Gasteiger partial charge in [0.15, 0.2) is 23.3 Å². The van der Waals surface area contributed by atoms with Crippen LogP contribution in [0.5, 0.6) is 0 Å². The molecule has 0 saturated carbocycles. The Labute approximate surface area is 191 Å². The molecule has 32 heavy (non-hydrogen) atoms. The first kappa shape index (κ1) is 28.9. The predicted octanol–water partition coefficient (Wildman–Crippen LogP) is 8.91. The molecule has 0 aliphatic rings. The second-order valence-corrected chi connectivity index (χ2v) is 8.95. The van der Waals surface area contributed by atoms with Gasteiger partial charge in [-0.15, -0.1) is 0 Å². The molecule has 0 bridgehead atoms. The number of hydrogen-bond donors (Lipinski definition) is 1. The van der Waals surface area contributed by atoms with Crippen molar-refractivity contribution in [3.05, 3.63) is 34.6 Å². The predicted molar refractivity (Wildman–Crippen MR) is 122 cm³/mol. The van der Waals surface area contributed by atoms with Crippen molar-refractivity contribution in [1.29, 1.82) is 0 Å². The molecule has 0 aromatic heterocycles. The molecule has 0 atom stereocenters. The van der Waals surface area contributed by atoms with Crippen LogP contribution in [-0.4, -0.2) is 6.54 Å². The van der Waals surface area contributed by atoms with Crippen LogP contribution in [0.2, 0.25) is 0 Å². The Morgan fingerprint density at radius 1 is 0.344 bits per heavy atom. The summed E-state index contributed by atoms with van der Waals surface area (Å²) in [4.78, 5) is 0. The van der Waals surface area contributed by atoms with Gasteiger partial charge in [0.1, 0.15) is 0 Å². The molecule has 0 amide bonds. The van der Waals surface area contributed by atoms with E-state index in [1.54, 1.807) is 0 Å². The van der Waals surface area contributed by atoms with Gasteiger partial charge >= 0.3 is 0 Å². The zero-order valence-corrected chi connectivity index (χ0v) is 19.6. The summed E-state index contributed by atoms with van der Waals surface area (Å²) < 4.78 is 66.6. The third kappa shape index (κ3) is 11.6. The fourth-order valence-corrected chi connectivity index (χ4v) is 4.14. The summed E-state index contributed by atoms with van der Waals surface area (Å²) in [5.41, 5.74) is 4.80. The quantitative estimate of drug-likeness (QED) is 0.0888. The monoisotopic (exact) mass is 463 g/mol. The summed E-state index contributed by atoms with van der Waals surface area (Å²) in [6.07, 6.45) is 21.0. The summed E-state index contributed by atoms with van der Waals surface area (Å²) in [6, 6.07) is 0. The number of nitrogens with two attached hydrogens (primary N) is 1. The van der Waals surface area contributed by atoms with E-state index in [0.717, 1.165) is 38.6 Å². The van der Waals surface area contributed by atoms with Crippen LogP contribution in [0.1, 0.15) is 121 Å². The van der Waals surface area contributed by atoms with E-state index >= 15 is 0 Å². The lowest BCUT2D eigenvalue weighted by atomic mass is 10.0. The summed E-state index contributed by atoms with van der Waals surface area (Å²) in [5.74, 6) is -9.19. The Morgan fingerprint density at radius 3 is 0.906 bits per heavy atom. The van der Waals surface area contributed by atoms with Gasteiger partial charge in [0.05, 0.1) is 0 Å². The van der Waals surface area contributed by atoms with Crippen molar-refractivity contribution in [1.82, 2.24) is 0 Å². The van der Waals surface area contributed by atoms with Gasteiger partial charge in [0.2, 0.25) is 5.82 Å². The van der Waals surface area contributed by atoms with E-state index in [0.29, 0.717) is 6.42 Å². The van der Waals surface area contributed by atoms with E-state index in [1.807, 2.05) is 0 Å². The van der Waals surface area contributed by atoms with Crippen molar-refractivity contribution in [3.63, 3.8) is 0 Å². The van der Waals surface area contributed by atoms with Crippen molar-refractivity contribution in [2.45, 2.75) is 122 Å². The maximum absolute atomic E-state index is 13.6. The standard InChI is InChI=1S/C26H42F5N/c27-22-21(23(28)25(30)26(31)24(22)29)19-17-15-13-11-9-7-5-3-1-2-4-6-8-10-12-14-16-18-20-32/h1-20,32H2. The van der Waals surface area contributed by atoms with Gasteiger partial charge in [-0.1, -0.05) is 103 Å². The third-order valence-electron chi connectivity index (χ3n) is 6.18. The van der Waals surface area contributed by atoms with E-state index in [-0.39, 0.29) is 6.42 Å². The van der Waals surface area contributed by atoms with Crippen molar-refractivity contribution >= 4 is 0 Å². The zero-order chi connectivity index (χ0) is 23.6. The Bertz CT molecular complexity index is 592. The largest absolute Gasteiger partial charge is 0.330 e. The first-order valence-corrected chi connectivity index (χ1v) is 12.7. The normalized spacial score (nSPS) is 11.4. The van der Waals surface area contributed by atoms with E-state index in [1.165, 1.54) is 77.0 Å². The molecule has 0 radical (unpaired) electrons. The van der Waals surface area contributed by atoms with Crippen molar-refractivity contribution in [2.24, 2.45) is 5.73 Å². The molecule has 0 unspecified atom stereocenters. The Morgan fingerprint density at radius 2 is 0.594 bits per heavy atom. The highest BCUT2D eigenvalue weighted by Crippen LogP contribution is 2.24. The SMILES string of the molecule is NCCCCCCCCCCCCCCCCCCCCc1c(F)c(F)c(F)c(F)c1F. The molecule has 1 aromatic rings. The van der Waals surface area contributed by atoms with Crippen LogP contribution in [0.3, 0.4) is 0 Å². The van der Waals surface area contributed by atoms with E-state index in [2.05, 4.69) is 0 Å². The maximum atomic E-state index is 13.6. The average molecular weight is 464 g/mol. The lowest BCUT2D eigenvalue weighted by Crippen LogP contribution is -2.07. The molecule has 0 aliphatic heterocycles. The minimum atomic E-state index is -2.09. The zero-order valence-electron chi connectivity index (χ0n) is 19.6. The maximum Gasteiger partial charge on any atom is 0.200 e. The van der Waals surface area contributed by atoms with Gasteiger partial charge in [-0.3, -0.25) is 0 Å². The van der Waals surface area contributed by atoms with Gasteiger partial charge < -0.3 is 5.73 Å². The first-order valence-electron chi connectivity index (χ1n) is 12.7. The summed E-state index contributed by atoms with van der Waals surface area (Å²) in [5, 5.41) is 0. The molecule has 0 aliphatic carbocycles. The van der Waals surface area contributed by atoms with E-state index < -0.39 is 34.6 Å². The molecular weight excluding hydrogens is 421 g/mol. The highest BCUT2D eigenvalue weighted by Gasteiger charge is 2.24. The number of hydrogen-bond acceptors (Lipinski definition) is 1. The van der Waals surface area contributed by atoms with Crippen LogP contribution >= 0.6 is 0 Å². The molecule has 0 heterocycles. The lowest BCUT2D eigenvalue weighted by molar-refractivity contribution is 0.368. The van der Waals surface area contributed by atoms with Crippen LogP contribution in [0.15, 0.2) is 0 Å². The van der Waals surface area contributed by atoms with Gasteiger partial charge in [-0.25, -0.2) is 22.0 Å². The van der Waals surface area contributed by atoms with Crippen molar-refractivity contribution in [3.8, 4) is 0 Å². The van der Waals surface area contributed by atoms with Gasteiger partial charge in [0.25, 0.3) is 0 Å². The number of halogens is 5. The number of benzene rings is 1. The molecule has 2 N–H and O–H groups in total. The molecule has 1 nitrogen and oxygen atoms in total. The van der Waals surface area contributed by atoms with Crippen molar-refractivity contribution < 1.29 is 22.0 Å². The van der Waals surface area contributed by atoms with Gasteiger partial charge in [-0.05, 0) is 25.8 Å². The summed E-state index contributed by atoms with van der Waals surface area (Å²) in [7, 11) is 0. The Balaban J connectivity index is 1.90. The molecule has 186 valence electrons. The molecule has 0 fully saturated rings. The highest BCUT2D eigenvalue weighted by molar-refractivity contribution is 5.24. The van der Waals surface area contributed by atoms with Crippen molar-refractivity contribution in [2.75, 3.05) is 6.54 Å².